The van der Waals surface area contributed by atoms with Crippen LogP contribution in [0.4, 0.5) is 5.69 Å². The summed E-state index contributed by atoms with van der Waals surface area (Å²) in [4.78, 5) is 3.97. The molecular formula is C22H29N6O2+. The van der Waals surface area contributed by atoms with Crippen LogP contribution in [0.15, 0.2) is 48.5 Å². The largest absolute Gasteiger partial charge is 0.493 e. The van der Waals surface area contributed by atoms with Gasteiger partial charge >= 0.3 is 0 Å². The van der Waals surface area contributed by atoms with E-state index in [0.29, 0.717) is 0 Å². The van der Waals surface area contributed by atoms with Gasteiger partial charge in [0.2, 0.25) is 5.82 Å². The number of nitrogens with one attached hydrogen (secondary N) is 1. The average molecular weight is 410 g/mol. The minimum Gasteiger partial charge on any atom is -0.493 e. The summed E-state index contributed by atoms with van der Waals surface area (Å²) in [6, 6.07) is 16.6. The highest BCUT2D eigenvalue weighted by Crippen LogP contribution is 2.27. The molecule has 2 heterocycles. The third-order valence-corrected chi connectivity index (χ3v) is 5.67. The molecule has 1 saturated heterocycles. The van der Waals surface area contributed by atoms with Crippen molar-refractivity contribution in [1.82, 2.24) is 20.2 Å². The molecular weight excluding hydrogens is 380 g/mol. The smallest absolute Gasteiger partial charge is 0.206 e. The number of rotatable bonds is 8. The molecule has 30 heavy (non-hydrogen) atoms. The molecule has 0 atom stereocenters. The predicted molar refractivity (Wildman–Crippen MR) is 114 cm³/mol. The highest BCUT2D eigenvalue weighted by molar-refractivity contribution is 5.46. The minimum atomic E-state index is 0.737. The third-order valence-electron chi connectivity index (χ3n) is 5.67. The van der Waals surface area contributed by atoms with Gasteiger partial charge in [-0.15, -0.1) is 5.10 Å². The molecule has 1 aliphatic heterocycles. The number of piperazine rings is 1. The van der Waals surface area contributed by atoms with E-state index < -0.39 is 0 Å². The zero-order chi connectivity index (χ0) is 20.8. The van der Waals surface area contributed by atoms with E-state index in [-0.39, 0.29) is 0 Å². The summed E-state index contributed by atoms with van der Waals surface area (Å²) in [5.74, 6) is 2.42. The zero-order valence-corrected chi connectivity index (χ0v) is 17.6. The van der Waals surface area contributed by atoms with Gasteiger partial charge in [0.15, 0.2) is 11.5 Å². The van der Waals surface area contributed by atoms with Crippen LogP contribution in [0.2, 0.25) is 0 Å². The number of nitrogens with zero attached hydrogens (tertiary/aromatic N) is 5. The van der Waals surface area contributed by atoms with E-state index in [9.17, 15) is 0 Å². The van der Waals surface area contributed by atoms with Gasteiger partial charge in [-0.25, -0.2) is 4.68 Å². The molecule has 1 aliphatic rings. The number of ether oxygens (including phenoxy) is 2. The normalized spacial score (nSPS) is 14.7. The van der Waals surface area contributed by atoms with E-state index in [1.807, 2.05) is 16.8 Å². The number of para-hydroxylation sites is 1. The predicted octanol–water partition coefficient (Wildman–Crippen LogP) is 0.838. The Morgan fingerprint density at radius 2 is 1.73 bits per heavy atom. The highest BCUT2D eigenvalue weighted by atomic mass is 16.5. The standard InChI is InChI=1S/C22H28N6O2/c1-29-20-9-8-18(16-21(20)30-2)10-11-28-22(23-24-25-28)17-26-12-14-27(15-13-26)19-6-4-3-5-7-19/h3-9,16H,10-15,17H2,1-2H3/p+1. The van der Waals surface area contributed by atoms with Crippen molar-refractivity contribution in [1.29, 1.82) is 0 Å². The number of aryl methyl sites for hydroxylation is 2. The number of aromatic nitrogens is 4. The van der Waals surface area contributed by atoms with E-state index >= 15 is 0 Å². The first-order valence-corrected chi connectivity index (χ1v) is 10.4. The molecule has 1 N–H and O–H groups in total. The molecule has 1 aromatic heterocycles. The van der Waals surface area contributed by atoms with Crippen LogP contribution in [-0.4, -0.2) is 60.6 Å². The molecule has 1 fully saturated rings. The second kappa shape index (κ2) is 9.58. The third kappa shape index (κ3) is 4.71. The van der Waals surface area contributed by atoms with Crippen molar-refractivity contribution in [3.63, 3.8) is 0 Å². The number of methoxy groups -OCH3 is 2. The van der Waals surface area contributed by atoms with Crippen molar-refractivity contribution in [2.45, 2.75) is 19.5 Å². The Morgan fingerprint density at radius 3 is 2.47 bits per heavy atom. The van der Waals surface area contributed by atoms with E-state index in [4.69, 9.17) is 9.47 Å². The Balaban J connectivity index is 1.32. The van der Waals surface area contributed by atoms with Crippen LogP contribution in [0.5, 0.6) is 11.5 Å². The van der Waals surface area contributed by atoms with E-state index in [1.54, 1.807) is 14.2 Å². The number of tetrazole rings is 1. The van der Waals surface area contributed by atoms with Gasteiger partial charge in [-0.1, -0.05) is 24.3 Å². The molecule has 158 valence electrons. The summed E-state index contributed by atoms with van der Waals surface area (Å²) in [5, 5.41) is 12.4. The number of quaternary nitrogens is 1. The average Bonchev–Trinajstić information content (AvgIpc) is 3.25. The topological polar surface area (TPSA) is 69.7 Å². The maximum atomic E-state index is 5.40. The van der Waals surface area contributed by atoms with Gasteiger partial charge in [-0.05, 0) is 46.7 Å². The Bertz CT molecular complexity index is 938. The van der Waals surface area contributed by atoms with E-state index in [2.05, 4.69) is 56.8 Å². The summed E-state index contributed by atoms with van der Waals surface area (Å²) < 4.78 is 12.6. The van der Waals surface area contributed by atoms with Gasteiger partial charge in [0.05, 0.1) is 40.4 Å². The van der Waals surface area contributed by atoms with Crippen LogP contribution in [0.1, 0.15) is 11.4 Å². The molecule has 8 heteroatoms. The maximum Gasteiger partial charge on any atom is 0.206 e. The quantitative estimate of drug-likeness (QED) is 0.595. The lowest BCUT2D eigenvalue weighted by molar-refractivity contribution is -0.915. The minimum absolute atomic E-state index is 0.737. The Morgan fingerprint density at radius 1 is 0.967 bits per heavy atom. The molecule has 0 bridgehead atoms. The van der Waals surface area contributed by atoms with Crippen molar-refractivity contribution >= 4 is 5.69 Å². The summed E-state index contributed by atoms with van der Waals surface area (Å²) in [6.07, 6.45) is 0.829. The van der Waals surface area contributed by atoms with E-state index in [0.717, 1.165) is 68.6 Å². The van der Waals surface area contributed by atoms with Crippen LogP contribution in [-0.2, 0) is 19.5 Å². The van der Waals surface area contributed by atoms with Crippen LogP contribution in [0, 0.1) is 0 Å². The van der Waals surface area contributed by atoms with Gasteiger partial charge in [-0.2, -0.15) is 0 Å². The van der Waals surface area contributed by atoms with Gasteiger partial charge in [0, 0.05) is 12.2 Å². The van der Waals surface area contributed by atoms with Crippen molar-refractivity contribution in [3.05, 3.63) is 59.9 Å². The fourth-order valence-corrected chi connectivity index (χ4v) is 3.92. The summed E-state index contributed by atoms with van der Waals surface area (Å²) >= 11 is 0. The SMILES string of the molecule is COc1ccc(CCn2nnnc2C[NH+]2CCN(c3ccccc3)CC2)cc1OC. The number of benzene rings is 2. The molecule has 2 aromatic carbocycles. The van der Waals surface area contributed by atoms with Crippen molar-refractivity contribution in [3.8, 4) is 11.5 Å². The Kier molecular flexibility index (Phi) is 6.44. The molecule has 0 spiro atoms. The van der Waals surface area contributed by atoms with Gasteiger partial charge in [0.25, 0.3) is 0 Å². The highest BCUT2D eigenvalue weighted by Gasteiger charge is 2.22. The zero-order valence-electron chi connectivity index (χ0n) is 17.6. The molecule has 0 aliphatic carbocycles. The summed E-state index contributed by atoms with van der Waals surface area (Å²) in [6.45, 7) is 5.84. The molecule has 0 unspecified atom stereocenters. The van der Waals surface area contributed by atoms with Crippen molar-refractivity contribution < 1.29 is 14.4 Å². The maximum absolute atomic E-state index is 5.40. The van der Waals surface area contributed by atoms with Crippen LogP contribution in [0.25, 0.3) is 0 Å². The second-order valence-corrected chi connectivity index (χ2v) is 7.51. The van der Waals surface area contributed by atoms with Crippen LogP contribution < -0.4 is 19.3 Å². The first kappa shape index (κ1) is 20.2. The Labute approximate surface area is 177 Å². The van der Waals surface area contributed by atoms with Gasteiger partial charge < -0.3 is 19.3 Å². The molecule has 0 amide bonds. The fraction of sp³-hybridized carbons (Fsp3) is 0.409. The summed E-state index contributed by atoms with van der Waals surface area (Å²) in [7, 11) is 3.30. The molecule has 0 saturated carbocycles. The van der Waals surface area contributed by atoms with E-state index in [1.165, 1.54) is 10.6 Å². The molecule has 0 radical (unpaired) electrons. The van der Waals surface area contributed by atoms with Gasteiger partial charge in [0.1, 0.15) is 6.54 Å². The lowest BCUT2D eigenvalue weighted by Crippen LogP contribution is -3.13. The lowest BCUT2D eigenvalue weighted by atomic mass is 10.1. The first-order valence-electron chi connectivity index (χ1n) is 10.4. The number of anilines is 1. The van der Waals surface area contributed by atoms with Gasteiger partial charge in [-0.3, -0.25) is 0 Å². The van der Waals surface area contributed by atoms with Crippen LogP contribution >= 0.6 is 0 Å². The lowest BCUT2D eigenvalue weighted by Gasteiger charge is -2.33. The monoisotopic (exact) mass is 409 g/mol. The molecule has 8 nitrogen and oxygen atoms in total. The van der Waals surface area contributed by atoms with Crippen molar-refractivity contribution in [2.75, 3.05) is 45.3 Å². The van der Waals surface area contributed by atoms with Crippen LogP contribution in [0.3, 0.4) is 0 Å². The van der Waals surface area contributed by atoms with Crippen molar-refractivity contribution in [2.24, 2.45) is 0 Å². The number of hydrogen-bond donors (Lipinski definition) is 1. The molecule has 4 rings (SSSR count). The first-order chi connectivity index (χ1) is 14.8. The number of hydrogen-bond acceptors (Lipinski definition) is 6. The summed E-state index contributed by atoms with van der Waals surface area (Å²) in [5.41, 5.74) is 2.47. The fourth-order valence-electron chi connectivity index (χ4n) is 3.92. The Hall–Kier alpha value is -3.13. The second-order valence-electron chi connectivity index (χ2n) is 7.51. The molecule has 3 aromatic rings.